The van der Waals surface area contributed by atoms with Gasteiger partial charge in [0.15, 0.2) is 0 Å². The molecule has 2 unspecified atom stereocenters. The van der Waals surface area contributed by atoms with Gasteiger partial charge in [-0.1, -0.05) is 0 Å². The zero-order valence-electron chi connectivity index (χ0n) is 9.63. The monoisotopic (exact) mass is 259 g/mol. The van der Waals surface area contributed by atoms with Gasteiger partial charge in [-0.3, -0.25) is 4.79 Å². The number of carbonyl (C=O) groups excluding carboxylic acids is 1. The van der Waals surface area contributed by atoms with Crippen LogP contribution in [0, 0.1) is 0 Å². The molecule has 0 bridgehead atoms. The number of amides is 1. The second kappa shape index (κ2) is 7.37. The van der Waals surface area contributed by atoms with Crippen LogP contribution in [0.3, 0.4) is 0 Å². The highest BCUT2D eigenvalue weighted by atomic mass is 32.2. The minimum Gasteiger partial charge on any atom is -0.467 e. The molecule has 0 aliphatic heterocycles. The molecular formula is C11H17NO4S. The van der Waals surface area contributed by atoms with Crippen LogP contribution < -0.4 is 5.32 Å². The number of aliphatic hydroxyl groups is 2. The van der Waals surface area contributed by atoms with Crippen molar-refractivity contribution in [1.82, 2.24) is 5.32 Å². The van der Waals surface area contributed by atoms with E-state index in [4.69, 9.17) is 14.6 Å². The van der Waals surface area contributed by atoms with Crippen molar-refractivity contribution in [2.75, 3.05) is 18.1 Å². The van der Waals surface area contributed by atoms with Crippen LogP contribution in [0.2, 0.25) is 0 Å². The number of nitrogens with one attached hydrogen (secondary N) is 1. The smallest absolute Gasteiger partial charge is 0.230 e. The van der Waals surface area contributed by atoms with Crippen molar-refractivity contribution in [1.29, 1.82) is 0 Å². The predicted octanol–water partition coefficient (Wildman–Crippen LogP) is 0.543. The average Bonchev–Trinajstić information content (AvgIpc) is 2.82. The number of aliphatic hydroxyl groups excluding tert-OH is 2. The first-order valence-electron chi connectivity index (χ1n) is 5.33. The van der Waals surface area contributed by atoms with Crippen LogP contribution in [-0.2, 0) is 4.79 Å². The van der Waals surface area contributed by atoms with Gasteiger partial charge in [-0.2, -0.15) is 0 Å². The van der Waals surface area contributed by atoms with Gasteiger partial charge in [0.1, 0.15) is 5.76 Å². The molecule has 1 aromatic heterocycles. The highest BCUT2D eigenvalue weighted by Crippen LogP contribution is 2.12. The van der Waals surface area contributed by atoms with Gasteiger partial charge in [0, 0.05) is 5.75 Å². The molecule has 0 radical (unpaired) electrons. The van der Waals surface area contributed by atoms with Gasteiger partial charge in [0.25, 0.3) is 0 Å². The highest BCUT2D eigenvalue weighted by Gasteiger charge is 2.12. The maximum atomic E-state index is 11.5. The third kappa shape index (κ3) is 5.25. The van der Waals surface area contributed by atoms with Crippen molar-refractivity contribution in [3.8, 4) is 0 Å². The van der Waals surface area contributed by atoms with E-state index in [-0.39, 0.29) is 24.3 Å². The van der Waals surface area contributed by atoms with Crippen molar-refractivity contribution in [2.24, 2.45) is 0 Å². The summed E-state index contributed by atoms with van der Waals surface area (Å²) in [6.45, 7) is 1.56. The SMILES string of the molecule is CC(NC(=O)CSCC(O)CO)c1ccco1. The van der Waals surface area contributed by atoms with E-state index in [2.05, 4.69) is 5.32 Å². The van der Waals surface area contributed by atoms with Crippen molar-refractivity contribution < 1.29 is 19.4 Å². The summed E-state index contributed by atoms with van der Waals surface area (Å²) in [4.78, 5) is 11.5. The molecule has 0 aliphatic rings. The van der Waals surface area contributed by atoms with Gasteiger partial charge in [0.05, 0.1) is 30.8 Å². The number of hydrogen-bond donors (Lipinski definition) is 3. The quantitative estimate of drug-likeness (QED) is 0.666. The molecule has 6 heteroatoms. The first-order chi connectivity index (χ1) is 8.13. The van der Waals surface area contributed by atoms with Crippen LogP contribution in [0.5, 0.6) is 0 Å². The molecule has 1 heterocycles. The van der Waals surface area contributed by atoms with Gasteiger partial charge in [-0.25, -0.2) is 0 Å². The molecule has 0 aliphatic carbocycles. The fraction of sp³-hybridized carbons (Fsp3) is 0.545. The topological polar surface area (TPSA) is 82.7 Å². The average molecular weight is 259 g/mol. The summed E-state index contributed by atoms with van der Waals surface area (Å²) >= 11 is 1.28. The maximum Gasteiger partial charge on any atom is 0.230 e. The fourth-order valence-electron chi connectivity index (χ4n) is 1.23. The molecule has 2 atom stereocenters. The highest BCUT2D eigenvalue weighted by molar-refractivity contribution is 7.99. The summed E-state index contributed by atoms with van der Waals surface area (Å²) in [5, 5.41) is 20.5. The molecule has 0 spiro atoms. The number of thioether (sulfide) groups is 1. The van der Waals surface area contributed by atoms with E-state index in [1.807, 2.05) is 6.92 Å². The molecule has 1 rings (SSSR count). The van der Waals surface area contributed by atoms with Gasteiger partial charge in [-0.15, -0.1) is 11.8 Å². The zero-order valence-corrected chi connectivity index (χ0v) is 10.4. The number of carbonyl (C=O) groups is 1. The Morgan fingerprint density at radius 3 is 3.00 bits per heavy atom. The Kier molecular flexibility index (Phi) is 6.10. The second-order valence-electron chi connectivity index (χ2n) is 3.66. The first-order valence-corrected chi connectivity index (χ1v) is 6.48. The predicted molar refractivity (Wildman–Crippen MR) is 65.7 cm³/mol. The van der Waals surface area contributed by atoms with E-state index < -0.39 is 6.10 Å². The summed E-state index contributed by atoms with van der Waals surface area (Å²) < 4.78 is 5.16. The molecule has 96 valence electrons. The third-order valence-electron chi connectivity index (χ3n) is 2.10. The Labute approximate surface area is 104 Å². The molecule has 1 aromatic rings. The van der Waals surface area contributed by atoms with Crippen LogP contribution in [0.4, 0.5) is 0 Å². The van der Waals surface area contributed by atoms with Crippen LogP contribution in [0.15, 0.2) is 22.8 Å². The van der Waals surface area contributed by atoms with Gasteiger partial charge in [-0.05, 0) is 19.1 Å². The molecule has 0 saturated carbocycles. The fourth-order valence-corrected chi connectivity index (χ4v) is 2.00. The molecule has 17 heavy (non-hydrogen) atoms. The molecule has 1 amide bonds. The number of furan rings is 1. The lowest BCUT2D eigenvalue weighted by molar-refractivity contribution is -0.119. The van der Waals surface area contributed by atoms with Crippen molar-refractivity contribution in [2.45, 2.75) is 19.1 Å². The first kappa shape index (κ1) is 14.1. The Hall–Kier alpha value is -0.980. The minimum absolute atomic E-state index is 0.121. The normalized spacial score (nSPS) is 14.3. The van der Waals surface area contributed by atoms with Crippen molar-refractivity contribution >= 4 is 17.7 Å². The summed E-state index contributed by atoms with van der Waals surface area (Å²) in [5.41, 5.74) is 0. The Morgan fingerprint density at radius 2 is 2.41 bits per heavy atom. The minimum atomic E-state index is -0.768. The summed E-state index contributed by atoms with van der Waals surface area (Å²) in [6.07, 6.45) is 0.792. The lowest BCUT2D eigenvalue weighted by atomic mass is 10.2. The molecule has 0 saturated heterocycles. The van der Waals surface area contributed by atoms with E-state index in [9.17, 15) is 4.79 Å². The Balaban J connectivity index is 2.21. The third-order valence-corrected chi connectivity index (χ3v) is 3.19. The van der Waals surface area contributed by atoms with Crippen LogP contribution in [0.1, 0.15) is 18.7 Å². The van der Waals surface area contributed by atoms with E-state index in [1.54, 1.807) is 18.4 Å². The van der Waals surface area contributed by atoms with Crippen LogP contribution >= 0.6 is 11.8 Å². The largest absolute Gasteiger partial charge is 0.467 e. The van der Waals surface area contributed by atoms with Crippen LogP contribution in [-0.4, -0.2) is 40.3 Å². The van der Waals surface area contributed by atoms with Crippen LogP contribution in [0.25, 0.3) is 0 Å². The van der Waals surface area contributed by atoms with E-state index in [0.717, 1.165) is 0 Å². The molecule has 3 N–H and O–H groups in total. The van der Waals surface area contributed by atoms with Gasteiger partial charge >= 0.3 is 0 Å². The standard InChI is InChI=1S/C11H17NO4S/c1-8(10-3-2-4-16-10)12-11(15)7-17-6-9(14)5-13/h2-4,8-9,13-14H,5-7H2,1H3,(H,12,15). The molecule has 0 fully saturated rings. The molecule has 0 aromatic carbocycles. The number of rotatable bonds is 7. The van der Waals surface area contributed by atoms with Crippen molar-refractivity contribution in [3.63, 3.8) is 0 Å². The van der Waals surface area contributed by atoms with Crippen molar-refractivity contribution in [3.05, 3.63) is 24.2 Å². The van der Waals surface area contributed by atoms with Gasteiger partial charge in [0.2, 0.25) is 5.91 Å². The molecular weight excluding hydrogens is 242 g/mol. The van der Waals surface area contributed by atoms with Gasteiger partial charge < -0.3 is 19.9 Å². The number of hydrogen-bond acceptors (Lipinski definition) is 5. The van der Waals surface area contributed by atoms with E-state index in [1.165, 1.54) is 11.8 Å². The zero-order chi connectivity index (χ0) is 12.7. The molecule has 5 nitrogen and oxygen atoms in total. The summed E-state index contributed by atoms with van der Waals surface area (Å²) in [5.74, 6) is 1.18. The van der Waals surface area contributed by atoms with E-state index >= 15 is 0 Å². The van der Waals surface area contributed by atoms with E-state index in [0.29, 0.717) is 11.5 Å². The second-order valence-corrected chi connectivity index (χ2v) is 4.69. The Morgan fingerprint density at radius 1 is 1.65 bits per heavy atom. The lowest BCUT2D eigenvalue weighted by Crippen LogP contribution is -2.28. The Bertz CT molecular complexity index is 328. The summed E-state index contributed by atoms with van der Waals surface area (Å²) in [7, 11) is 0. The maximum absolute atomic E-state index is 11.5. The lowest BCUT2D eigenvalue weighted by Gasteiger charge is -2.11. The summed E-state index contributed by atoms with van der Waals surface area (Å²) in [6, 6.07) is 3.40.